The van der Waals surface area contributed by atoms with Crippen molar-refractivity contribution in [2.45, 2.75) is 40.4 Å². The van der Waals surface area contributed by atoms with Crippen molar-refractivity contribution in [2.24, 2.45) is 0 Å². The van der Waals surface area contributed by atoms with Gasteiger partial charge in [0.05, 0.1) is 10.6 Å². The number of benzene rings is 2. The maximum atomic E-state index is 12.0. The Bertz CT molecular complexity index is 1140. The number of carbonyl (C=O) groups excluding carboxylic acids is 4. The Morgan fingerprint density at radius 2 is 1.32 bits per heavy atom. The van der Waals surface area contributed by atoms with E-state index in [1.54, 1.807) is 6.92 Å². The summed E-state index contributed by atoms with van der Waals surface area (Å²) in [6.45, 7) is 4.94. The van der Waals surface area contributed by atoms with E-state index in [9.17, 15) is 19.2 Å². The Kier molecular flexibility index (Phi) is 10.2. The molecule has 1 aromatic heterocycles. The van der Waals surface area contributed by atoms with Crippen LogP contribution in [0.2, 0.25) is 0 Å². The molecule has 0 unspecified atom stereocenters. The van der Waals surface area contributed by atoms with Gasteiger partial charge in [0.1, 0.15) is 30.3 Å². The minimum atomic E-state index is -0.471. The summed E-state index contributed by atoms with van der Waals surface area (Å²) in [5.41, 5.74) is 8.62. The van der Waals surface area contributed by atoms with Crippen molar-refractivity contribution >= 4 is 39.8 Å². The van der Waals surface area contributed by atoms with Gasteiger partial charge in [0.25, 0.3) is 0 Å². The van der Waals surface area contributed by atoms with Gasteiger partial charge in [0.2, 0.25) is 0 Å². The van der Waals surface area contributed by atoms with Crippen LogP contribution in [0.3, 0.4) is 0 Å². The second-order valence-electron chi connectivity index (χ2n) is 7.44. The van der Waals surface area contributed by atoms with Crippen molar-refractivity contribution in [3.05, 3.63) is 87.8 Å². The van der Waals surface area contributed by atoms with Gasteiger partial charge in [0.15, 0.2) is 5.78 Å². The number of esters is 2. The Labute approximate surface area is 202 Å². The maximum absolute atomic E-state index is 12.0. The molecule has 2 aromatic carbocycles. The van der Waals surface area contributed by atoms with E-state index in [1.165, 1.54) is 13.8 Å². The van der Waals surface area contributed by atoms with Gasteiger partial charge in [-0.15, -0.1) is 11.3 Å². The molecule has 8 heteroatoms. The van der Waals surface area contributed by atoms with Gasteiger partial charge in [0, 0.05) is 0 Å². The quantitative estimate of drug-likeness (QED) is 0.276. The first-order chi connectivity index (χ1) is 16.2. The summed E-state index contributed by atoms with van der Waals surface area (Å²) in [7, 11) is 0. The molecule has 3 rings (SSSR count). The number of hydrogen-bond donors (Lipinski definition) is 1. The molecular weight excluding hydrogens is 454 g/mol. The van der Waals surface area contributed by atoms with E-state index in [0.717, 1.165) is 22.5 Å². The first-order valence-electron chi connectivity index (χ1n) is 10.5. The Morgan fingerprint density at radius 1 is 0.824 bits per heavy atom. The molecule has 0 aliphatic heterocycles. The Balaban J connectivity index is 0.000000257. The highest BCUT2D eigenvalue weighted by atomic mass is 32.1. The zero-order valence-corrected chi connectivity index (χ0v) is 20.1. The van der Waals surface area contributed by atoms with Gasteiger partial charge in [-0.3, -0.25) is 14.4 Å². The van der Waals surface area contributed by atoms with Crippen LogP contribution in [0.15, 0.2) is 60.7 Å². The molecule has 0 atom stereocenters. The molecular formula is C26H27NO6S. The van der Waals surface area contributed by atoms with Crippen LogP contribution in [0.4, 0.5) is 5.00 Å². The maximum Gasteiger partial charge on any atom is 0.349 e. The summed E-state index contributed by atoms with van der Waals surface area (Å²) in [6, 6.07) is 18.8. The molecule has 1 heterocycles. The van der Waals surface area contributed by atoms with E-state index < -0.39 is 11.9 Å². The molecule has 178 valence electrons. The van der Waals surface area contributed by atoms with Crippen LogP contribution in [0.5, 0.6) is 0 Å². The van der Waals surface area contributed by atoms with E-state index in [2.05, 4.69) is 0 Å². The number of ketones is 2. The lowest BCUT2D eigenvalue weighted by Crippen LogP contribution is -2.08. The Hall–Kier alpha value is -3.78. The fraction of sp³-hybridized carbons (Fsp3) is 0.231. The number of hydrogen-bond acceptors (Lipinski definition) is 8. The van der Waals surface area contributed by atoms with Gasteiger partial charge in [-0.05, 0) is 37.5 Å². The summed E-state index contributed by atoms with van der Waals surface area (Å²) < 4.78 is 10.1. The summed E-state index contributed by atoms with van der Waals surface area (Å²) in [5, 5.41) is 0.363. The van der Waals surface area contributed by atoms with Crippen LogP contribution in [0.1, 0.15) is 57.0 Å². The number of nitrogens with two attached hydrogens (primary N) is 1. The molecule has 0 aliphatic rings. The second-order valence-corrected chi connectivity index (χ2v) is 8.49. The number of carbonyl (C=O) groups is 4. The number of anilines is 1. The predicted molar refractivity (Wildman–Crippen MR) is 131 cm³/mol. The second kappa shape index (κ2) is 13.1. The van der Waals surface area contributed by atoms with Crippen molar-refractivity contribution in [1.82, 2.24) is 0 Å². The number of ether oxygens (including phenoxy) is 2. The molecule has 0 fully saturated rings. The van der Waals surface area contributed by atoms with E-state index in [4.69, 9.17) is 15.2 Å². The monoisotopic (exact) mass is 481 g/mol. The van der Waals surface area contributed by atoms with E-state index >= 15 is 0 Å². The largest absolute Gasteiger partial charge is 0.460 e. The van der Waals surface area contributed by atoms with Crippen LogP contribution in [0.25, 0.3) is 0 Å². The van der Waals surface area contributed by atoms with Crippen LogP contribution in [-0.4, -0.2) is 23.5 Å². The molecule has 0 spiro atoms. The standard InChI is InChI=1S/C15H15NO3S.C11H12O3/c1-9-12(10(2)17)14(16)20-13(9)15(18)19-8-11-6-4-3-5-7-11;1-9(12)7-11(13)14-8-10-5-3-2-4-6-10/h3-7H,8,16H2,1-2H3;2-6H,7-8H2,1H3. The molecule has 0 aliphatic carbocycles. The highest BCUT2D eigenvalue weighted by Gasteiger charge is 2.22. The van der Waals surface area contributed by atoms with Crippen LogP contribution < -0.4 is 5.73 Å². The summed E-state index contributed by atoms with van der Waals surface area (Å²) in [6.07, 6.45) is -0.146. The molecule has 3 aromatic rings. The number of rotatable bonds is 8. The fourth-order valence-electron chi connectivity index (χ4n) is 2.95. The normalized spacial score (nSPS) is 9.97. The highest BCUT2D eigenvalue weighted by Crippen LogP contribution is 2.31. The van der Waals surface area contributed by atoms with Gasteiger partial charge in [-0.2, -0.15) is 0 Å². The third-order valence-electron chi connectivity index (χ3n) is 4.56. The van der Waals surface area contributed by atoms with Gasteiger partial charge < -0.3 is 15.2 Å². The van der Waals surface area contributed by atoms with Crippen molar-refractivity contribution in [3.8, 4) is 0 Å². The van der Waals surface area contributed by atoms with E-state index in [0.29, 0.717) is 21.0 Å². The lowest BCUT2D eigenvalue weighted by atomic mass is 10.1. The zero-order chi connectivity index (χ0) is 25.1. The Morgan fingerprint density at radius 3 is 1.76 bits per heavy atom. The molecule has 0 saturated heterocycles. The van der Waals surface area contributed by atoms with E-state index in [-0.39, 0.29) is 31.2 Å². The molecule has 7 nitrogen and oxygen atoms in total. The third-order valence-corrected chi connectivity index (χ3v) is 5.66. The molecule has 34 heavy (non-hydrogen) atoms. The van der Waals surface area contributed by atoms with Crippen molar-refractivity contribution < 1.29 is 28.7 Å². The number of thiophene rings is 1. The van der Waals surface area contributed by atoms with Gasteiger partial charge >= 0.3 is 11.9 Å². The molecule has 0 bridgehead atoms. The predicted octanol–water partition coefficient (Wildman–Crippen LogP) is 4.91. The SMILES string of the molecule is CC(=O)CC(=O)OCc1ccccc1.CC(=O)c1c(N)sc(C(=O)OCc2ccccc2)c1C. The molecule has 2 N–H and O–H groups in total. The average molecular weight is 482 g/mol. The lowest BCUT2D eigenvalue weighted by Gasteiger charge is -2.04. The fourth-order valence-corrected chi connectivity index (χ4v) is 3.97. The van der Waals surface area contributed by atoms with Crippen molar-refractivity contribution in [2.75, 3.05) is 5.73 Å². The zero-order valence-electron chi connectivity index (χ0n) is 19.3. The first kappa shape index (κ1) is 26.5. The topological polar surface area (TPSA) is 113 Å². The van der Waals surface area contributed by atoms with Crippen LogP contribution in [0, 0.1) is 6.92 Å². The van der Waals surface area contributed by atoms with Crippen molar-refractivity contribution in [1.29, 1.82) is 0 Å². The smallest absolute Gasteiger partial charge is 0.349 e. The van der Waals surface area contributed by atoms with Crippen LogP contribution >= 0.6 is 11.3 Å². The summed E-state index contributed by atoms with van der Waals surface area (Å²) in [5.74, 6) is -1.24. The number of nitrogen functional groups attached to an aromatic ring is 1. The number of Topliss-reactive ketones (excluding diaryl/α,β-unsaturated/α-hetero) is 2. The summed E-state index contributed by atoms with van der Waals surface area (Å²) in [4.78, 5) is 45.5. The van der Waals surface area contributed by atoms with Crippen molar-refractivity contribution in [3.63, 3.8) is 0 Å². The van der Waals surface area contributed by atoms with Crippen LogP contribution in [-0.2, 0) is 32.3 Å². The van der Waals surface area contributed by atoms with Gasteiger partial charge in [-0.25, -0.2) is 4.79 Å². The van der Waals surface area contributed by atoms with Gasteiger partial charge in [-0.1, -0.05) is 60.7 Å². The summed E-state index contributed by atoms with van der Waals surface area (Å²) >= 11 is 1.09. The molecule has 0 amide bonds. The minimum Gasteiger partial charge on any atom is -0.460 e. The van der Waals surface area contributed by atoms with E-state index in [1.807, 2.05) is 60.7 Å². The lowest BCUT2D eigenvalue weighted by molar-refractivity contribution is -0.146. The highest BCUT2D eigenvalue weighted by molar-refractivity contribution is 7.18. The molecule has 0 radical (unpaired) electrons. The molecule has 0 saturated carbocycles. The average Bonchev–Trinajstić information content (AvgIpc) is 3.11. The first-order valence-corrected chi connectivity index (χ1v) is 11.3. The third kappa shape index (κ3) is 8.29. The minimum absolute atomic E-state index is 0.140.